The van der Waals surface area contributed by atoms with Crippen LogP contribution in [-0.4, -0.2) is 15.8 Å². The van der Waals surface area contributed by atoms with Gasteiger partial charge in [0, 0.05) is 54.9 Å². The first kappa shape index (κ1) is 27.8. The van der Waals surface area contributed by atoms with Gasteiger partial charge in [-0.15, -0.1) is 0 Å². The van der Waals surface area contributed by atoms with Gasteiger partial charge < -0.3 is 13.8 Å². The molecule has 0 bridgehead atoms. The highest BCUT2D eigenvalue weighted by molar-refractivity contribution is 6.94. The first-order valence-corrected chi connectivity index (χ1v) is 18.2. The van der Waals surface area contributed by atoms with Crippen LogP contribution in [0.3, 0.4) is 0 Å². The topological polar surface area (TPSA) is 12.6 Å². The molecule has 0 N–H and O–H groups in total. The van der Waals surface area contributed by atoms with Crippen molar-refractivity contribution in [3.05, 3.63) is 145 Å². The Kier molecular flexibility index (Phi) is 5.02. The molecule has 0 spiro atoms. The van der Waals surface area contributed by atoms with Crippen LogP contribution >= 0.6 is 0 Å². The lowest BCUT2D eigenvalue weighted by atomic mass is 9.43. The Balaban J connectivity index is 1.38. The molecule has 0 saturated carbocycles. The van der Waals surface area contributed by atoms with Crippen molar-refractivity contribution in [1.82, 2.24) is 8.97 Å². The van der Waals surface area contributed by atoms with Crippen molar-refractivity contribution in [3.63, 3.8) is 0 Å². The summed E-state index contributed by atoms with van der Waals surface area (Å²) in [5, 5.41) is 7.89. The number of hydrogen-bond acceptors (Lipinski definition) is 1. The number of benzene rings is 7. The normalized spacial score (nSPS) is 13.8. The van der Waals surface area contributed by atoms with Crippen molar-refractivity contribution in [2.24, 2.45) is 0 Å². The third kappa shape index (κ3) is 3.27. The van der Waals surface area contributed by atoms with Gasteiger partial charge in [-0.1, -0.05) is 118 Å². The Morgan fingerprint density at radius 2 is 1.18 bits per heavy atom. The van der Waals surface area contributed by atoms with Gasteiger partial charge in [-0.05, 0) is 76.4 Å². The molecule has 2 aliphatic heterocycles. The molecule has 0 radical (unpaired) electrons. The molecule has 0 aliphatic carbocycles. The fourth-order valence-electron chi connectivity index (χ4n) is 9.89. The summed E-state index contributed by atoms with van der Waals surface area (Å²) < 4.78 is 5.11. The van der Waals surface area contributed by atoms with Crippen LogP contribution < -0.4 is 15.7 Å². The number of aryl methyl sites for hydroxylation is 1. The summed E-state index contributed by atoms with van der Waals surface area (Å²) in [5.74, 6) is 0. The predicted octanol–water partition coefficient (Wildman–Crippen LogP) is 10.8. The smallest absolute Gasteiger partial charge is 0.333 e. The minimum atomic E-state index is -0.0447. The molecule has 2 aliphatic rings. The van der Waals surface area contributed by atoms with E-state index in [-0.39, 0.29) is 12.3 Å². The van der Waals surface area contributed by atoms with Crippen LogP contribution in [-0.2, 0) is 5.41 Å². The Morgan fingerprint density at radius 1 is 0.529 bits per heavy atom. The summed E-state index contributed by atoms with van der Waals surface area (Å²) in [6.07, 6.45) is 0. The second kappa shape index (κ2) is 9.21. The summed E-state index contributed by atoms with van der Waals surface area (Å²) in [7, 11) is 0. The SMILES string of the molecule is Cc1ccccc1N1B2c3c(cc(C(C)(C)C)cc3-n3c4ccccc4c4cccc2c43)-c2cc3c4ccccc4n4c5ccccc5c(c21)c34. The molecule has 5 heterocycles. The molecule has 0 unspecified atom stereocenters. The highest BCUT2D eigenvalue weighted by Gasteiger charge is 2.46. The fraction of sp³-hybridized carbons (Fsp3) is 0.106. The maximum absolute atomic E-state index is 2.72. The zero-order valence-corrected chi connectivity index (χ0v) is 29.1. The van der Waals surface area contributed by atoms with E-state index in [4.69, 9.17) is 0 Å². The maximum Gasteiger partial charge on any atom is 0.333 e. The largest absolute Gasteiger partial charge is 0.376 e. The molecule has 0 atom stereocenters. The number of anilines is 2. The number of hydrogen-bond donors (Lipinski definition) is 0. The lowest BCUT2D eigenvalue weighted by molar-refractivity contribution is 0.590. The van der Waals surface area contributed by atoms with Crippen molar-refractivity contribution in [2.45, 2.75) is 33.1 Å². The molecule has 4 heteroatoms. The van der Waals surface area contributed by atoms with Gasteiger partial charge in [-0.3, -0.25) is 0 Å². The monoisotopic (exact) mass is 651 g/mol. The van der Waals surface area contributed by atoms with Crippen molar-refractivity contribution in [2.75, 3.05) is 4.81 Å². The van der Waals surface area contributed by atoms with Crippen molar-refractivity contribution in [3.8, 4) is 16.8 Å². The van der Waals surface area contributed by atoms with E-state index >= 15 is 0 Å². The average Bonchev–Trinajstić information content (AvgIpc) is 3.79. The Morgan fingerprint density at radius 3 is 1.94 bits per heavy atom. The third-order valence-corrected chi connectivity index (χ3v) is 12.1. The van der Waals surface area contributed by atoms with Gasteiger partial charge in [0.15, 0.2) is 0 Å². The highest BCUT2D eigenvalue weighted by atomic mass is 15.1. The Bertz CT molecular complexity index is 3150. The third-order valence-electron chi connectivity index (χ3n) is 12.1. The fourth-order valence-corrected chi connectivity index (χ4v) is 9.89. The molecular formula is C47H34BN3. The van der Waals surface area contributed by atoms with Gasteiger partial charge in [0.05, 0.1) is 27.6 Å². The summed E-state index contributed by atoms with van der Waals surface area (Å²) >= 11 is 0. The summed E-state index contributed by atoms with van der Waals surface area (Å²) in [4.78, 5) is 2.72. The van der Waals surface area contributed by atoms with Crippen molar-refractivity contribution >= 4 is 89.0 Å². The Hall–Kier alpha value is -6.00. The van der Waals surface area contributed by atoms with E-state index in [0.29, 0.717) is 0 Å². The van der Waals surface area contributed by atoms with E-state index in [9.17, 15) is 0 Å². The lowest BCUT2D eigenvalue weighted by Gasteiger charge is -2.43. The standard InChI is InChI=1S/C47H34BN3/c1-27-14-5-9-20-37(27)51-46-35(26-34-30-16-7-11-22-39(30)49-40-23-12-8-17-32(40)42(46)45(34)49)33-24-28(47(2,3)4)25-41-43(33)48(51)36-19-13-18-31-29-15-6-10-21-38(29)50(41)44(31)36/h5-26H,1-4H3. The quantitative estimate of drug-likeness (QED) is 0.161. The van der Waals surface area contributed by atoms with Crippen molar-refractivity contribution < 1.29 is 0 Å². The van der Waals surface area contributed by atoms with Gasteiger partial charge in [0.2, 0.25) is 0 Å². The molecule has 3 aromatic heterocycles. The van der Waals surface area contributed by atoms with Crippen LogP contribution in [0.15, 0.2) is 133 Å². The molecule has 7 aromatic carbocycles. The second-order valence-corrected chi connectivity index (χ2v) is 15.8. The van der Waals surface area contributed by atoms with Gasteiger partial charge >= 0.3 is 6.85 Å². The minimum absolute atomic E-state index is 0.0163. The average molecular weight is 652 g/mol. The van der Waals surface area contributed by atoms with E-state index in [1.807, 2.05) is 0 Å². The van der Waals surface area contributed by atoms with Crippen LogP contribution in [0.1, 0.15) is 31.9 Å². The summed E-state index contributed by atoms with van der Waals surface area (Å²) in [6, 6.07) is 50.6. The van der Waals surface area contributed by atoms with Crippen LogP contribution in [0.2, 0.25) is 0 Å². The van der Waals surface area contributed by atoms with E-state index < -0.39 is 0 Å². The molecule has 240 valence electrons. The van der Waals surface area contributed by atoms with E-state index in [0.717, 1.165) is 0 Å². The summed E-state index contributed by atoms with van der Waals surface area (Å²) in [6.45, 7) is 9.33. The van der Waals surface area contributed by atoms with Crippen molar-refractivity contribution in [1.29, 1.82) is 0 Å². The molecule has 0 fully saturated rings. The number of rotatable bonds is 1. The highest BCUT2D eigenvalue weighted by Crippen LogP contribution is 2.53. The first-order chi connectivity index (χ1) is 24.9. The molecule has 3 nitrogen and oxygen atoms in total. The molecule has 12 rings (SSSR count). The van der Waals surface area contributed by atoms with Crippen LogP contribution in [0.4, 0.5) is 11.4 Å². The minimum Gasteiger partial charge on any atom is -0.376 e. The van der Waals surface area contributed by atoms with Gasteiger partial charge in [-0.2, -0.15) is 0 Å². The van der Waals surface area contributed by atoms with Gasteiger partial charge in [0.1, 0.15) is 0 Å². The number of aromatic nitrogens is 2. The summed E-state index contributed by atoms with van der Waals surface area (Å²) in [5.41, 5.74) is 18.3. The van der Waals surface area contributed by atoms with Crippen LogP contribution in [0, 0.1) is 6.92 Å². The Labute approximate surface area is 296 Å². The zero-order valence-electron chi connectivity index (χ0n) is 29.1. The predicted molar refractivity (Wildman–Crippen MR) is 218 cm³/mol. The van der Waals surface area contributed by atoms with E-state index in [2.05, 4.69) is 175 Å². The second-order valence-electron chi connectivity index (χ2n) is 15.8. The lowest BCUT2D eigenvalue weighted by Crippen LogP contribution is -2.61. The van der Waals surface area contributed by atoms with Crippen LogP contribution in [0.5, 0.6) is 0 Å². The number of fused-ring (bicyclic) bond motifs is 14. The van der Waals surface area contributed by atoms with E-state index in [1.54, 1.807) is 0 Å². The molecular weight excluding hydrogens is 617 g/mol. The molecule has 10 aromatic rings. The number of para-hydroxylation sites is 5. The molecule has 51 heavy (non-hydrogen) atoms. The van der Waals surface area contributed by atoms with E-state index in [1.165, 1.54) is 110 Å². The van der Waals surface area contributed by atoms with Gasteiger partial charge in [0.25, 0.3) is 0 Å². The first-order valence-electron chi connectivity index (χ1n) is 18.2. The zero-order chi connectivity index (χ0) is 33.9. The maximum atomic E-state index is 2.72. The molecule has 0 saturated heterocycles. The number of nitrogens with zero attached hydrogens (tertiary/aromatic N) is 3. The van der Waals surface area contributed by atoms with Gasteiger partial charge in [-0.25, -0.2) is 0 Å². The van der Waals surface area contributed by atoms with Crippen LogP contribution in [0.25, 0.3) is 76.7 Å². The molecule has 0 amide bonds.